The van der Waals surface area contributed by atoms with Crippen LogP contribution in [0.2, 0.25) is 0 Å². The van der Waals surface area contributed by atoms with E-state index in [-0.39, 0.29) is 11.7 Å². The number of Topliss-reactive ketones (excluding diaryl/α,β-unsaturated/α-hetero) is 1. The van der Waals surface area contributed by atoms with Crippen LogP contribution < -0.4 is 10.1 Å². The van der Waals surface area contributed by atoms with E-state index in [1.54, 1.807) is 11.3 Å². The first-order valence-electron chi connectivity index (χ1n) is 9.34. The van der Waals surface area contributed by atoms with Gasteiger partial charge in [0.25, 0.3) is 0 Å². The Bertz CT molecular complexity index is 902. The van der Waals surface area contributed by atoms with Gasteiger partial charge in [-0.1, -0.05) is 36.4 Å². The van der Waals surface area contributed by atoms with E-state index >= 15 is 0 Å². The van der Waals surface area contributed by atoms with Crippen LogP contribution in [0.4, 0.5) is 0 Å². The number of ketones is 1. The highest BCUT2D eigenvalue weighted by atomic mass is 32.2. The van der Waals surface area contributed by atoms with Crippen LogP contribution in [0.25, 0.3) is 0 Å². The lowest BCUT2D eigenvalue weighted by Crippen LogP contribution is -2.37. The second-order valence-electron chi connectivity index (χ2n) is 6.55. The highest BCUT2D eigenvalue weighted by molar-refractivity contribution is 7.99. The zero-order valence-electron chi connectivity index (χ0n) is 16.2. The van der Waals surface area contributed by atoms with Gasteiger partial charge < -0.3 is 10.1 Å². The number of benzene rings is 2. The number of thioether (sulfide) groups is 1. The average molecular weight is 426 g/mol. The summed E-state index contributed by atoms with van der Waals surface area (Å²) in [6.07, 6.45) is 1.14. The van der Waals surface area contributed by atoms with Gasteiger partial charge in [0, 0.05) is 25.2 Å². The van der Waals surface area contributed by atoms with Crippen molar-refractivity contribution in [3.8, 4) is 11.5 Å². The number of hydrogen-bond acceptors (Lipinski definition) is 5. The smallest absolute Gasteiger partial charge is 0.218 e. The minimum Gasteiger partial charge on any atom is -0.457 e. The van der Waals surface area contributed by atoms with Crippen molar-refractivity contribution in [2.75, 3.05) is 0 Å². The number of nitrogens with one attached hydrogen (secondary N) is 1. The van der Waals surface area contributed by atoms with Crippen LogP contribution in [0.1, 0.15) is 24.5 Å². The van der Waals surface area contributed by atoms with E-state index < -0.39 is 5.37 Å². The Kier molecular flexibility index (Phi) is 7.90. The summed E-state index contributed by atoms with van der Waals surface area (Å²) in [4.78, 5) is 23.7. The Labute approximate surface area is 179 Å². The number of thiophene rings is 1. The van der Waals surface area contributed by atoms with Gasteiger partial charge in [-0.25, -0.2) is 0 Å². The molecule has 3 aromatic rings. The molecule has 6 heteroatoms. The van der Waals surface area contributed by atoms with Crippen LogP contribution >= 0.6 is 23.1 Å². The molecule has 0 radical (unpaired) electrons. The summed E-state index contributed by atoms with van der Waals surface area (Å²) in [5.41, 5.74) is 2.32. The first kappa shape index (κ1) is 21.1. The Morgan fingerprint density at radius 2 is 1.76 bits per heavy atom. The Hall–Kier alpha value is -2.57. The predicted octanol–water partition coefficient (Wildman–Crippen LogP) is 5.44. The van der Waals surface area contributed by atoms with Crippen molar-refractivity contribution in [3.05, 3.63) is 82.6 Å². The van der Waals surface area contributed by atoms with Crippen LogP contribution in [0.15, 0.2) is 71.4 Å². The average Bonchev–Trinajstić information content (AvgIpc) is 3.24. The van der Waals surface area contributed by atoms with E-state index in [2.05, 4.69) is 10.7 Å². The van der Waals surface area contributed by atoms with Crippen LogP contribution in [-0.2, 0) is 21.8 Å². The third-order valence-corrected chi connectivity index (χ3v) is 6.11. The van der Waals surface area contributed by atoms with Crippen molar-refractivity contribution in [3.63, 3.8) is 0 Å². The standard InChI is InChI=1S/C17H19NO2S2.C6H4O/c1-13(19)18-17(22-12-15-9-10-21-11-15)16(20)8-7-14-5-3-2-4-6-14;1-2-5-4-6(3-1)7-5/h2-6,9-11,17H,7-8,12H2,1H3,(H,18,19);1-4H/t17-;/m0./s1. The third kappa shape index (κ3) is 7.07. The monoisotopic (exact) mass is 425 g/mol. The van der Waals surface area contributed by atoms with Crippen molar-refractivity contribution in [1.29, 1.82) is 0 Å². The lowest BCUT2D eigenvalue weighted by Gasteiger charge is -2.16. The molecule has 2 aliphatic heterocycles. The fourth-order valence-corrected chi connectivity index (χ4v) is 4.54. The van der Waals surface area contributed by atoms with Crippen molar-refractivity contribution < 1.29 is 14.3 Å². The normalized spacial score (nSPS) is 11.9. The number of ether oxygens (including phenoxy) is 1. The molecule has 0 spiro atoms. The predicted molar refractivity (Wildman–Crippen MR) is 120 cm³/mol. The van der Waals surface area contributed by atoms with Crippen molar-refractivity contribution >= 4 is 34.8 Å². The number of amides is 1. The van der Waals surface area contributed by atoms with Crippen molar-refractivity contribution in [2.24, 2.45) is 0 Å². The van der Waals surface area contributed by atoms with E-state index in [0.717, 1.165) is 22.8 Å². The molecule has 0 unspecified atom stereocenters. The largest absolute Gasteiger partial charge is 0.457 e. The molecule has 2 aliphatic rings. The van der Waals surface area contributed by atoms with Gasteiger partial charge in [0.05, 0.1) is 0 Å². The van der Waals surface area contributed by atoms with E-state index in [0.29, 0.717) is 12.8 Å². The minimum absolute atomic E-state index is 0.0688. The number of fused-ring (bicyclic) bond motifs is 2. The Morgan fingerprint density at radius 1 is 1.03 bits per heavy atom. The van der Waals surface area contributed by atoms with Crippen LogP contribution in [0.5, 0.6) is 11.5 Å². The molecule has 0 aliphatic carbocycles. The lowest BCUT2D eigenvalue weighted by molar-refractivity contribution is -0.124. The molecule has 2 bridgehead atoms. The highest BCUT2D eigenvalue weighted by Gasteiger charge is 2.19. The van der Waals surface area contributed by atoms with E-state index in [9.17, 15) is 9.59 Å². The van der Waals surface area contributed by atoms with Gasteiger partial charge in [-0.15, -0.1) is 11.8 Å². The molecule has 1 aromatic heterocycles. The van der Waals surface area contributed by atoms with Crippen molar-refractivity contribution in [1.82, 2.24) is 5.32 Å². The fraction of sp³-hybridized carbons (Fsp3) is 0.217. The number of carbonyl (C=O) groups excluding carboxylic acids is 2. The Morgan fingerprint density at radius 3 is 2.28 bits per heavy atom. The zero-order chi connectivity index (χ0) is 20.5. The summed E-state index contributed by atoms with van der Waals surface area (Å²) in [5.74, 6) is 2.59. The van der Waals surface area contributed by atoms with Crippen LogP contribution in [-0.4, -0.2) is 17.1 Å². The lowest BCUT2D eigenvalue weighted by atomic mass is 10.1. The van der Waals surface area contributed by atoms with Crippen LogP contribution in [0, 0.1) is 0 Å². The second kappa shape index (κ2) is 10.8. The molecule has 1 atom stereocenters. The van der Waals surface area contributed by atoms with E-state index in [4.69, 9.17) is 4.74 Å². The Balaban J connectivity index is 0.000000283. The fourth-order valence-electron chi connectivity index (χ4n) is 2.68. The number of carbonyl (C=O) groups is 2. The number of rotatable bonds is 8. The summed E-state index contributed by atoms with van der Waals surface area (Å²) in [6.45, 7) is 1.45. The number of hydrogen-bond donors (Lipinski definition) is 1. The molecule has 0 saturated carbocycles. The van der Waals surface area contributed by atoms with Gasteiger partial charge in [-0.05, 0) is 46.5 Å². The molecule has 5 rings (SSSR count). The molecule has 1 N–H and O–H groups in total. The number of aryl methyl sites for hydroxylation is 1. The van der Waals surface area contributed by atoms with Crippen LogP contribution in [0.3, 0.4) is 0 Å². The minimum atomic E-state index is -0.471. The molecule has 150 valence electrons. The summed E-state index contributed by atoms with van der Waals surface area (Å²) >= 11 is 3.11. The summed E-state index contributed by atoms with van der Waals surface area (Å²) in [5, 5.41) is 6.36. The molecule has 0 fully saturated rings. The SMILES string of the molecule is CC(=O)N[C@@H](SCc1ccsc1)C(=O)CCc1ccccc1.c1cc2cc(c1)O2. The molecule has 3 heterocycles. The zero-order valence-corrected chi connectivity index (χ0v) is 17.8. The maximum absolute atomic E-state index is 12.4. The highest BCUT2D eigenvalue weighted by Crippen LogP contribution is 2.32. The molecule has 4 nitrogen and oxygen atoms in total. The van der Waals surface area contributed by atoms with Gasteiger partial charge in [-0.2, -0.15) is 11.3 Å². The van der Waals surface area contributed by atoms with Gasteiger partial charge in [0.1, 0.15) is 16.9 Å². The first-order valence-corrected chi connectivity index (χ1v) is 11.3. The summed E-state index contributed by atoms with van der Waals surface area (Å²) < 4.78 is 5.01. The second-order valence-corrected chi connectivity index (χ2v) is 8.43. The molecule has 2 aromatic carbocycles. The first-order chi connectivity index (χ1) is 14.1. The molecule has 1 amide bonds. The van der Waals surface area contributed by atoms with E-state index in [1.165, 1.54) is 24.2 Å². The van der Waals surface area contributed by atoms with E-state index in [1.807, 2.05) is 66.0 Å². The molecule has 0 saturated heterocycles. The van der Waals surface area contributed by atoms with Crippen molar-refractivity contribution in [2.45, 2.75) is 30.9 Å². The molecular weight excluding hydrogens is 402 g/mol. The van der Waals surface area contributed by atoms with Gasteiger partial charge in [0.15, 0.2) is 5.78 Å². The topological polar surface area (TPSA) is 55.4 Å². The third-order valence-electron chi connectivity index (χ3n) is 4.17. The van der Waals surface area contributed by atoms with Gasteiger partial charge in [0.2, 0.25) is 5.91 Å². The maximum atomic E-state index is 12.4. The quantitative estimate of drug-likeness (QED) is 0.382. The maximum Gasteiger partial charge on any atom is 0.218 e. The molecule has 29 heavy (non-hydrogen) atoms. The van der Waals surface area contributed by atoms with Gasteiger partial charge in [-0.3, -0.25) is 9.59 Å². The summed E-state index contributed by atoms with van der Waals surface area (Å²) in [7, 11) is 0. The summed E-state index contributed by atoms with van der Waals surface area (Å²) in [6, 6.07) is 19.8. The molecular formula is C23H23NO3S2. The van der Waals surface area contributed by atoms with Gasteiger partial charge >= 0.3 is 0 Å².